The summed E-state index contributed by atoms with van der Waals surface area (Å²) in [6, 6.07) is 0.377. The van der Waals surface area contributed by atoms with Gasteiger partial charge in [0.1, 0.15) is 0 Å². The van der Waals surface area contributed by atoms with E-state index < -0.39 is 0 Å². The van der Waals surface area contributed by atoms with Crippen LogP contribution in [0.5, 0.6) is 0 Å². The monoisotopic (exact) mass is 281 g/mol. The summed E-state index contributed by atoms with van der Waals surface area (Å²) < 4.78 is 0. The number of thiazole rings is 1. The van der Waals surface area contributed by atoms with Crippen LogP contribution in [-0.4, -0.2) is 11.0 Å². The molecule has 0 spiro atoms. The van der Waals surface area contributed by atoms with Crippen molar-refractivity contribution in [2.75, 3.05) is 0 Å². The van der Waals surface area contributed by atoms with Crippen LogP contribution in [0, 0.1) is 5.92 Å². The molecule has 1 aliphatic rings. The average molecular weight is 281 g/mol. The molecule has 1 fully saturated rings. The molecule has 1 heterocycles. The van der Waals surface area contributed by atoms with Crippen molar-refractivity contribution in [1.82, 2.24) is 10.4 Å². The first kappa shape index (κ1) is 14.9. The van der Waals surface area contributed by atoms with Crippen LogP contribution in [0.4, 0.5) is 0 Å². The molecular weight excluding hydrogens is 254 g/mol. The van der Waals surface area contributed by atoms with Crippen LogP contribution in [0.15, 0.2) is 5.38 Å². The third-order valence-electron chi connectivity index (χ3n) is 4.07. The van der Waals surface area contributed by atoms with Crippen LogP contribution < -0.4 is 11.3 Å². The Balaban J connectivity index is 1.92. The van der Waals surface area contributed by atoms with Crippen LogP contribution in [0.25, 0.3) is 0 Å². The van der Waals surface area contributed by atoms with Gasteiger partial charge >= 0.3 is 0 Å². The largest absolute Gasteiger partial charge is 0.271 e. The molecule has 1 saturated carbocycles. The summed E-state index contributed by atoms with van der Waals surface area (Å²) in [6.45, 7) is 6.63. The third-order valence-corrected chi connectivity index (χ3v) is 4.94. The molecular formula is C15H27N3S. The summed E-state index contributed by atoms with van der Waals surface area (Å²) in [5, 5.41) is 3.41. The van der Waals surface area contributed by atoms with Crippen molar-refractivity contribution in [2.45, 2.75) is 70.8 Å². The molecule has 0 aromatic carbocycles. The highest BCUT2D eigenvalue weighted by Crippen LogP contribution is 2.30. The van der Waals surface area contributed by atoms with Crippen molar-refractivity contribution in [1.29, 1.82) is 0 Å². The fourth-order valence-corrected chi connectivity index (χ4v) is 3.92. The lowest BCUT2D eigenvalue weighted by Gasteiger charge is -2.19. The highest BCUT2D eigenvalue weighted by atomic mass is 32.1. The molecule has 1 unspecified atom stereocenters. The molecule has 0 bridgehead atoms. The van der Waals surface area contributed by atoms with E-state index in [0.29, 0.717) is 6.04 Å². The Kier molecular flexibility index (Phi) is 4.98. The minimum absolute atomic E-state index is 0.145. The van der Waals surface area contributed by atoms with Crippen molar-refractivity contribution < 1.29 is 0 Å². The standard InChI is InChI=1S/C15H27N3S/c1-15(2,3)13-10-19-14(17-13)9-12(18-16)8-11-6-4-5-7-11/h10-12,18H,4-9,16H2,1-3H3. The second-order valence-electron chi connectivity index (χ2n) is 6.83. The minimum Gasteiger partial charge on any atom is -0.271 e. The fourth-order valence-electron chi connectivity index (χ4n) is 2.82. The summed E-state index contributed by atoms with van der Waals surface area (Å²) in [7, 11) is 0. The molecule has 2 rings (SSSR count). The number of hydrogen-bond donors (Lipinski definition) is 2. The smallest absolute Gasteiger partial charge is 0.0944 e. The summed E-state index contributed by atoms with van der Waals surface area (Å²) >= 11 is 1.77. The van der Waals surface area contributed by atoms with Gasteiger partial charge in [-0.2, -0.15) is 0 Å². The molecule has 1 aromatic heterocycles. The molecule has 1 aromatic rings. The Labute approximate surface area is 121 Å². The highest BCUT2D eigenvalue weighted by molar-refractivity contribution is 7.09. The molecule has 3 N–H and O–H groups in total. The third kappa shape index (κ3) is 4.26. The minimum atomic E-state index is 0.145. The van der Waals surface area contributed by atoms with E-state index in [1.165, 1.54) is 42.8 Å². The van der Waals surface area contributed by atoms with E-state index in [4.69, 9.17) is 10.8 Å². The van der Waals surface area contributed by atoms with Gasteiger partial charge in [-0.25, -0.2) is 4.98 Å². The second kappa shape index (κ2) is 6.33. The summed E-state index contributed by atoms with van der Waals surface area (Å²) in [6.07, 6.45) is 7.71. The summed E-state index contributed by atoms with van der Waals surface area (Å²) in [5.74, 6) is 6.58. The molecule has 1 aliphatic carbocycles. The van der Waals surface area contributed by atoms with Crippen molar-refractivity contribution in [3.05, 3.63) is 16.1 Å². The topological polar surface area (TPSA) is 50.9 Å². The van der Waals surface area contributed by atoms with Gasteiger partial charge in [0, 0.05) is 23.3 Å². The Bertz CT molecular complexity index is 388. The molecule has 0 radical (unpaired) electrons. The number of hydrogen-bond acceptors (Lipinski definition) is 4. The zero-order valence-electron chi connectivity index (χ0n) is 12.4. The normalized spacial score (nSPS) is 18.9. The summed E-state index contributed by atoms with van der Waals surface area (Å²) in [5.41, 5.74) is 4.34. The number of nitrogens with zero attached hydrogens (tertiary/aromatic N) is 1. The van der Waals surface area contributed by atoms with E-state index in [2.05, 4.69) is 31.6 Å². The molecule has 3 nitrogen and oxygen atoms in total. The molecule has 0 aliphatic heterocycles. The molecule has 1 atom stereocenters. The van der Waals surface area contributed by atoms with E-state index in [1.54, 1.807) is 11.3 Å². The zero-order chi connectivity index (χ0) is 13.9. The number of rotatable bonds is 5. The number of nitrogens with one attached hydrogen (secondary N) is 1. The van der Waals surface area contributed by atoms with E-state index in [-0.39, 0.29) is 5.41 Å². The van der Waals surface area contributed by atoms with Crippen LogP contribution in [0.2, 0.25) is 0 Å². The quantitative estimate of drug-likeness (QED) is 0.642. The van der Waals surface area contributed by atoms with Gasteiger partial charge in [0.15, 0.2) is 0 Å². The van der Waals surface area contributed by atoms with E-state index in [0.717, 1.165) is 12.3 Å². The van der Waals surface area contributed by atoms with Gasteiger partial charge in [0.25, 0.3) is 0 Å². The van der Waals surface area contributed by atoms with Crippen molar-refractivity contribution in [2.24, 2.45) is 11.8 Å². The Morgan fingerprint density at radius 3 is 2.63 bits per heavy atom. The van der Waals surface area contributed by atoms with Gasteiger partial charge in [0.2, 0.25) is 0 Å². The number of hydrazine groups is 1. The maximum absolute atomic E-state index is 5.72. The first-order valence-electron chi connectivity index (χ1n) is 7.40. The van der Waals surface area contributed by atoms with Gasteiger partial charge in [-0.1, -0.05) is 46.5 Å². The average Bonchev–Trinajstić information content (AvgIpc) is 2.98. The van der Waals surface area contributed by atoms with Gasteiger partial charge < -0.3 is 0 Å². The summed E-state index contributed by atoms with van der Waals surface area (Å²) in [4.78, 5) is 4.77. The predicted octanol–water partition coefficient (Wildman–Crippen LogP) is 3.40. The highest BCUT2D eigenvalue weighted by Gasteiger charge is 2.22. The van der Waals surface area contributed by atoms with Crippen LogP contribution in [0.1, 0.15) is 63.6 Å². The van der Waals surface area contributed by atoms with E-state index in [9.17, 15) is 0 Å². The number of nitrogens with two attached hydrogens (primary N) is 1. The van der Waals surface area contributed by atoms with Crippen molar-refractivity contribution in [3.8, 4) is 0 Å². The van der Waals surface area contributed by atoms with Crippen LogP contribution >= 0.6 is 11.3 Å². The molecule has 0 amide bonds. The lowest BCUT2D eigenvalue weighted by atomic mass is 9.93. The molecule has 0 saturated heterocycles. The lowest BCUT2D eigenvalue weighted by Crippen LogP contribution is -2.38. The first-order valence-corrected chi connectivity index (χ1v) is 8.28. The SMILES string of the molecule is CC(C)(C)c1csc(CC(CC2CCCC2)NN)n1. The first-order chi connectivity index (χ1) is 8.99. The van der Waals surface area contributed by atoms with Crippen LogP contribution in [0.3, 0.4) is 0 Å². The van der Waals surface area contributed by atoms with Gasteiger partial charge in [-0.15, -0.1) is 11.3 Å². The number of aromatic nitrogens is 1. The maximum Gasteiger partial charge on any atom is 0.0944 e. The zero-order valence-corrected chi connectivity index (χ0v) is 13.2. The van der Waals surface area contributed by atoms with E-state index >= 15 is 0 Å². The molecule has 4 heteroatoms. The van der Waals surface area contributed by atoms with Gasteiger partial charge in [0.05, 0.1) is 10.7 Å². The lowest BCUT2D eigenvalue weighted by molar-refractivity contribution is 0.389. The molecule has 19 heavy (non-hydrogen) atoms. The van der Waals surface area contributed by atoms with Gasteiger partial charge in [-0.05, 0) is 12.3 Å². The second-order valence-corrected chi connectivity index (χ2v) is 7.77. The van der Waals surface area contributed by atoms with E-state index in [1.807, 2.05) is 0 Å². The Hall–Kier alpha value is -0.450. The van der Waals surface area contributed by atoms with Crippen LogP contribution in [-0.2, 0) is 11.8 Å². The van der Waals surface area contributed by atoms with Crippen molar-refractivity contribution in [3.63, 3.8) is 0 Å². The Morgan fingerprint density at radius 2 is 2.11 bits per heavy atom. The predicted molar refractivity (Wildman–Crippen MR) is 82.2 cm³/mol. The van der Waals surface area contributed by atoms with Gasteiger partial charge in [-0.3, -0.25) is 11.3 Å². The molecule has 108 valence electrons. The fraction of sp³-hybridized carbons (Fsp3) is 0.800. The van der Waals surface area contributed by atoms with Crippen molar-refractivity contribution >= 4 is 11.3 Å². The maximum atomic E-state index is 5.72. The Morgan fingerprint density at radius 1 is 1.42 bits per heavy atom.